The lowest BCUT2D eigenvalue weighted by molar-refractivity contribution is -0.150. The Kier molecular flexibility index (Phi) is 6.80. The monoisotopic (exact) mass is 569 g/mol. The Morgan fingerprint density at radius 3 is 2.77 bits per heavy atom. The summed E-state index contributed by atoms with van der Waals surface area (Å²) in [5.74, 6) is -2.90. The highest BCUT2D eigenvalue weighted by Crippen LogP contribution is 2.40. The van der Waals surface area contributed by atoms with Gasteiger partial charge in [0.25, 0.3) is 11.8 Å². The summed E-state index contributed by atoms with van der Waals surface area (Å²) >= 11 is 2.31. The summed E-state index contributed by atoms with van der Waals surface area (Å²) in [4.78, 5) is 54.2. The SMILES string of the molecule is Nc1nc(/C(=N/O)C(=O)N[C@@H]2C(=O)N3C(C(=O)O)=C(/C=C/Cn4cc5cc(O)c(=O)cc-5cn4)CS[C@H]23)cs1. The maximum absolute atomic E-state index is 12.9. The van der Waals surface area contributed by atoms with Gasteiger partial charge < -0.3 is 26.5 Å². The topological polar surface area (TPSA) is 213 Å². The number of nitrogen functional groups attached to an aromatic ring is 1. The van der Waals surface area contributed by atoms with Crippen LogP contribution in [0.4, 0.5) is 5.13 Å². The molecule has 1 saturated heterocycles. The standard InChI is InChI=1S/C23H19N7O7S2/c24-23-26-13(9-39-23)16(28-37)19(33)27-17-20(34)30-18(22(35)36)10(8-38-21(17)30)2-1-3-29-7-12-5-15(32)14(31)4-11(12)6-25-29/h1-2,4-7,9,17,21,32,37H,3,8H2,(H2,24,26)(H,27,33)(H,35,36)/b2-1+,28-16-/t17-,21-/m1/s1. The minimum absolute atomic E-state index is 0.0432. The number of allylic oxidation sites excluding steroid dienone is 2. The number of nitrogens with zero attached hydrogens (tertiary/aromatic N) is 5. The fourth-order valence-electron chi connectivity index (χ4n) is 4.15. The number of hydrogen-bond donors (Lipinski definition) is 5. The number of amides is 2. The second-order valence-electron chi connectivity index (χ2n) is 8.41. The highest BCUT2D eigenvalue weighted by molar-refractivity contribution is 8.00. The molecule has 6 N–H and O–H groups in total. The van der Waals surface area contributed by atoms with Crippen molar-refractivity contribution in [1.82, 2.24) is 25.0 Å². The number of carboxylic acid groups (broad SMARTS) is 1. The molecule has 1 aromatic rings. The number of phenolic OH excluding ortho intramolecular Hbond substituents is 1. The van der Waals surface area contributed by atoms with Crippen molar-refractivity contribution in [3.8, 4) is 16.9 Å². The van der Waals surface area contributed by atoms with Crippen LogP contribution in [0.5, 0.6) is 5.75 Å². The number of benzene rings is 1. The van der Waals surface area contributed by atoms with Gasteiger partial charge in [0, 0.05) is 28.5 Å². The Bertz CT molecular complexity index is 1630. The molecule has 1 aromatic heterocycles. The maximum atomic E-state index is 12.9. The number of oxime groups is 1. The number of fused-ring (bicyclic) bond motifs is 2. The first-order chi connectivity index (χ1) is 18.7. The van der Waals surface area contributed by atoms with Gasteiger partial charge in [-0.1, -0.05) is 17.3 Å². The van der Waals surface area contributed by atoms with E-state index in [1.165, 1.54) is 35.5 Å². The predicted octanol–water partition coefficient (Wildman–Crippen LogP) is 0.266. The summed E-state index contributed by atoms with van der Waals surface area (Å²) in [6.45, 7) is 0.247. The second kappa shape index (κ2) is 10.2. The molecule has 0 saturated carbocycles. The van der Waals surface area contributed by atoms with Gasteiger partial charge in [-0.15, -0.1) is 23.1 Å². The molecule has 3 aliphatic heterocycles. The largest absolute Gasteiger partial charge is 0.504 e. The Balaban J connectivity index is 1.30. The molecule has 0 aromatic carbocycles. The number of thiazole rings is 1. The average Bonchev–Trinajstić information content (AvgIpc) is 3.33. The number of nitrogens with two attached hydrogens (primary N) is 1. The molecule has 0 spiro atoms. The number of nitrogens with one attached hydrogen (secondary N) is 1. The zero-order chi connectivity index (χ0) is 27.8. The van der Waals surface area contributed by atoms with E-state index in [-0.39, 0.29) is 34.6 Å². The van der Waals surface area contributed by atoms with Crippen molar-refractivity contribution < 1.29 is 29.8 Å². The fraction of sp³-hybridized carbons (Fsp3) is 0.174. The first-order valence-corrected chi connectivity index (χ1v) is 13.1. The number of carbonyl (C=O) groups is 3. The van der Waals surface area contributed by atoms with Crippen molar-refractivity contribution in [2.24, 2.45) is 5.16 Å². The summed E-state index contributed by atoms with van der Waals surface area (Å²) in [7, 11) is 0. The molecule has 0 radical (unpaired) electrons. The fourth-order valence-corrected chi connectivity index (χ4v) is 6.01. The van der Waals surface area contributed by atoms with Crippen LogP contribution in [0.15, 0.2) is 63.3 Å². The Labute approximate surface area is 227 Å². The van der Waals surface area contributed by atoms with E-state index in [1.807, 2.05) is 0 Å². The van der Waals surface area contributed by atoms with Crippen LogP contribution < -0.4 is 16.5 Å². The van der Waals surface area contributed by atoms with Crippen LogP contribution in [0.1, 0.15) is 5.69 Å². The van der Waals surface area contributed by atoms with E-state index in [4.69, 9.17) is 5.73 Å². The van der Waals surface area contributed by atoms with Crippen molar-refractivity contribution in [1.29, 1.82) is 0 Å². The molecule has 4 aliphatic rings. The van der Waals surface area contributed by atoms with E-state index in [1.54, 1.807) is 23.0 Å². The Hall–Kier alpha value is -4.70. The van der Waals surface area contributed by atoms with Gasteiger partial charge in [0.05, 0.1) is 12.7 Å². The van der Waals surface area contributed by atoms with Gasteiger partial charge in [-0.25, -0.2) is 9.78 Å². The number of β-lactam (4-membered cyclic amide) rings is 1. The molecule has 16 heteroatoms. The van der Waals surface area contributed by atoms with Gasteiger partial charge in [0.15, 0.2) is 16.6 Å². The third-order valence-corrected chi connectivity index (χ3v) is 7.95. The molecule has 0 bridgehead atoms. The number of anilines is 1. The number of rotatable bonds is 7. The molecule has 2 amide bonds. The zero-order valence-electron chi connectivity index (χ0n) is 19.7. The molecule has 1 fully saturated rings. The molecule has 0 unspecified atom stereocenters. The molecular weight excluding hydrogens is 550 g/mol. The molecule has 14 nitrogen and oxygen atoms in total. The predicted molar refractivity (Wildman–Crippen MR) is 140 cm³/mol. The van der Waals surface area contributed by atoms with Crippen LogP contribution in [0, 0.1) is 0 Å². The third kappa shape index (κ3) is 4.82. The number of aliphatic carboxylic acids is 1. The van der Waals surface area contributed by atoms with E-state index in [9.17, 15) is 34.6 Å². The van der Waals surface area contributed by atoms with E-state index >= 15 is 0 Å². The molecule has 200 valence electrons. The van der Waals surface area contributed by atoms with Crippen LogP contribution in [0.2, 0.25) is 0 Å². The average molecular weight is 570 g/mol. The Morgan fingerprint density at radius 2 is 2.08 bits per heavy atom. The number of hydrogen-bond acceptors (Lipinski definition) is 12. The van der Waals surface area contributed by atoms with Crippen molar-refractivity contribution in [3.63, 3.8) is 0 Å². The number of thioether (sulfide) groups is 1. The normalized spacial score (nSPS) is 19.3. The molecular formula is C23H19N7O7S2. The lowest BCUT2D eigenvalue weighted by Gasteiger charge is -2.49. The highest BCUT2D eigenvalue weighted by atomic mass is 32.2. The number of phenols is 1. The van der Waals surface area contributed by atoms with Crippen LogP contribution in [-0.2, 0) is 20.9 Å². The van der Waals surface area contributed by atoms with Gasteiger partial charge in [0.2, 0.25) is 5.43 Å². The lowest BCUT2D eigenvalue weighted by Crippen LogP contribution is -2.71. The summed E-state index contributed by atoms with van der Waals surface area (Å²) in [5.41, 5.74) is 6.05. The van der Waals surface area contributed by atoms with Crippen molar-refractivity contribution in [2.75, 3.05) is 11.5 Å². The van der Waals surface area contributed by atoms with E-state index in [0.29, 0.717) is 16.7 Å². The van der Waals surface area contributed by atoms with E-state index < -0.39 is 40.3 Å². The molecule has 2 atom stereocenters. The third-order valence-electron chi connectivity index (χ3n) is 5.98. The quantitative estimate of drug-likeness (QED) is 0.113. The van der Waals surface area contributed by atoms with Gasteiger partial charge in [-0.3, -0.25) is 24.0 Å². The number of aromatic hydroxyl groups is 1. The van der Waals surface area contributed by atoms with Crippen molar-refractivity contribution in [3.05, 3.63) is 69.2 Å². The Morgan fingerprint density at radius 1 is 1.28 bits per heavy atom. The summed E-state index contributed by atoms with van der Waals surface area (Å²) in [5, 5.41) is 39.4. The first kappa shape index (κ1) is 25.9. The molecule has 4 heterocycles. The van der Waals surface area contributed by atoms with Gasteiger partial charge in [-0.05, 0) is 17.7 Å². The summed E-state index contributed by atoms with van der Waals surface area (Å²) in [6.07, 6.45) is 6.38. The van der Waals surface area contributed by atoms with Crippen LogP contribution in [0.25, 0.3) is 11.1 Å². The van der Waals surface area contributed by atoms with Crippen LogP contribution in [0.3, 0.4) is 0 Å². The first-order valence-electron chi connectivity index (χ1n) is 11.2. The highest BCUT2D eigenvalue weighted by Gasteiger charge is 2.54. The van der Waals surface area contributed by atoms with Crippen molar-refractivity contribution >= 4 is 51.7 Å². The summed E-state index contributed by atoms with van der Waals surface area (Å²) in [6, 6.07) is 1.59. The number of carbonyl (C=O) groups excluding carboxylic acids is 2. The number of aromatic nitrogens is 3. The molecule has 39 heavy (non-hydrogen) atoms. The minimum Gasteiger partial charge on any atom is -0.504 e. The molecule has 1 aliphatic carbocycles. The van der Waals surface area contributed by atoms with Crippen LogP contribution in [-0.4, -0.2) is 75.7 Å². The zero-order valence-corrected chi connectivity index (χ0v) is 21.3. The van der Waals surface area contributed by atoms with E-state index in [2.05, 4.69) is 20.6 Å². The smallest absolute Gasteiger partial charge is 0.352 e. The van der Waals surface area contributed by atoms with Gasteiger partial charge >= 0.3 is 5.97 Å². The van der Waals surface area contributed by atoms with Crippen LogP contribution >= 0.6 is 23.1 Å². The maximum Gasteiger partial charge on any atom is 0.352 e. The minimum atomic E-state index is -1.30. The van der Waals surface area contributed by atoms with Gasteiger partial charge in [0.1, 0.15) is 22.8 Å². The second-order valence-corrected chi connectivity index (χ2v) is 10.4. The molecule has 5 rings (SSSR count). The van der Waals surface area contributed by atoms with E-state index in [0.717, 1.165) is 16.2 Å². The van der Waals surface area contributed by atoms with Gasteiger partial charge in [-0.2, -0.15) is 5.10 Å². The number of carboxylic acids is 1. The van der Waals surface area contributed by atoms with Crippen molar-refractivity contribution in [2.45, 2.75) is 18.0 Å². The summed E-state index contributed by atoms with van der Waals surface area (Å²) < 4.78 is 1.54. The lowest BCUT2D eigenvalue weighted by atomic mass is 10.0.